The monoisotopic (exact) mass is 510 g/mol. The van der Waals surface area contributed by atoms with E-state index in [0.29, 0.717) is 48.5 Å². The van der Waals surface area contributed by atoms with Crippen LogP contribution in [0.1, 0.15) is 30.2 Å². The number of alkyl halides is 3. The molecule has 0 aliphatic carbocycles. The molecule has 6 nitrogen and oxygen atoms in total. The van der Waals surface area contributed by atoms with Crippen molar-refractivity contribution in [3.8, 4) is 11.1 Å². The van der Waals surface area contributed by atoms with E-state index in [-0.39, 0.29) is 5.91 Å². The molecule has 0 bridgehead atoms. The van der Waals surface area contributed by atoms with Gasteiger partial charge in [0, 0.05) is 39.1 Å². The number of aromatic nitrogens is 3. The lowest BCUT2D eigenvalue weighted by Gasteiger charge is -2.33. The first kappa shape index (κ1) is 26.3. The zero-order valence-corrected chi connectivity index (χ0v) is 21.0. The molecule has 0 radical (unpaired) electrons. The molecule has 0 fully saturated rings. The average molecular weight is 511 g/mol. The fraction of sp³-hybridized carbons (Fsp3) is 0.321. The van der Waals surface area contributed by atoms with Crippen LogP contribution in [0.15, 0.2) is 73.1 Å². The number of benzene rings is 2. The fourth-order valence-corrected chi connectivity index (χ4v) is 4.60. The first-order valence-electron chi connectivity index (χ1n) is 11.9. The van der Waals surface area contributed by atoms with E-state index in [4.69, 9.17) is 4.74 Å². The zero-order valence-electron chi connectivity index (χ0n) is 21.0. The maximum Gasteiger partial charge on any atom is 0.416 e. The molecule has 0 N–H and O–H groups in total. The number of rotatable bonds is 9. The van der Waals surface area contributed by atoms with Crippen molar-refractivity contribution in [2.24, 2.45) is 0 Å². The van der Waals surface area contributed by atoms with Gasteiger partial charge in [0.1, 0.15) is 0 Å². The number of hydrogen-bond donors (Lipinski definition) is 0. The van der Waals surface area contributed by atoms with E-state index >= 15 is 0 Å². The van der Waals surface area contributed by atoms with Crippen LogP contribution in [0.4, 0.5) is 13.2 Å². The molecular formula is C28H29F3N4O2. The van der Waals surface area contributed by atoms with Crippen LogP contribution in [0.2, 0.25) is 0 Å². The molecule has 0 saturated carbocycles. The maximum absolute atomic E-state index is 13.9. The Morgan fingerprint density at radius 3 is 2.41 bits per heavy atom. The van der Waals surface area contributed by atoms with Crippen molar-refractivity contribution < 1.29 is 22.7 Å². The van der Waals surface area contributed by atoms with Gasteiger partial charge in [-0.1, -0.05) is 42.5 Å². The van der Waals surface area contributed by atoms with Gasteiger partial charge in [0.05, 0.1) is 22.9 Å². The summed E-state index contributed by atoms with van der Waals surface area (Å²) >= 11 is 0. The minimum absolute atomic E-state index is 0.0773. The van der Waals surface area contributed by atoms with E-state index in [9.17, 15) is 18.0 Å². The van der Waals surface area contributed by atoms with Crippen molar-refractivity contribution in [1.82, 2.24) is 19.5 Å². The molecule has 4 aromatic rings. The number of ether oxygens (including phenoxy) is 1. The summed E-state index contributed by atoms with van der Waals surface area (Å²) < 4.78 is 45.9. The third kappa shape index (κ3) is 5.51. The van der Waals surface area contributed by atoms with E-state index in [1.165, 1.54) is 12.1 Å². The van der Waals surface area contributed by atoms with Crippen LogP contribution in [-0.2, 0) is 27.5 Å². The third-order valence-corrected chi connectivity index (χ3v) is 6.55. The summed E-state index contributed by atoms with van der Waals surface area (Å²) in [5.74, 6) is -0.0773. The summed E-state index contributed by atoms with van der Waals surface area (Å²) in [5.41, 5.74) is 1.52. The van der Waals surface area contributed by atoms with Crippen molar-refractivity contribution in [3.63, 3.8) is 0 Å². The molecule has 4 rings (SSSR count). The third-order valence-electron chi connectivity index (χ3n) is 6.55. The van der Waals surface area contributed by atoms with Crippen molar-refractivity contribution in [1.29, 1.82) is 0 Å². The summed E-state index contributed by atoms with van der Waals surface area (Å²) in [7, 11) is 3.40. The van der Waals surface area contributed by atoms with Crippen LogP contribution in [0.25, 0.3) is 16.8 Å². The highest BCUT2D eigenvalue weighted by molar-refractivity contribution is 5.88. The predicted molar refractivity (Wildman–Crippen MR) is 135 cm³/mol. The van der Waals surface area contributed by atoms with Gasteiger partial charge < -0.3 is 9.64 Å². The van der Waals surface area contributed by atoms with Gasteiger partial charge in [-0.3, -0.25) is 4.79 Å². The molecule has 2 aromatic carbocycles. The largest absolute Gasteiger partial charge is 0.416 e. The van der Waals surface area contributed by atoms with E-state index in [1.807, 2.05) is 37.3 Å². The SMILES string of the molecule is COCCCN(C)C(=O)C(C)(Cc1ccccc1)c1ccnc2c(-c3ccc(C(F)(F)F)cc3)cnn12. The summed E-state index contributed by atoms with van der Waals surface area (Å²) in [6.45, 7) is 2.97. The predicted octanol–water partition coefficient (Wildman–Crippen LogP) is 5.41. The summed E-state index contributed by atoms with van der Waals surface area (Å²) in [4.78, 5) is 20.1. The number of likely N-dealkylation sites (N-methyl/N-ethyl adjacent to an activating group) is 1. The van der Waals surface area contributed by atoms with Gasteiger partial charge in [0.2, 0.25) is 5.91 Å². The maximum atomic E-state index is 13.9. The molecule has 1 amide bonds. The fourth-order valence-electron chi connectivity index (χ4n) is 4.60. The smallest absolute Gasteiger partial charge is 0.385 e. The summed E-state index contributed by atoms with van der Waals surface area (Å²) in [6, 6.07) is 16.4. The van der Waals surface area contributed by atoms with Crippen LogP contribution in [0.5, 0.6) is 0 Å². The lowest BCUT2D eigenvalue weighted by molar-refractivity contribution is -0.137. The van der Waals surface area contributed by atoms with Crippen LogP contribution < -0.4 is 0 Å². The van der Waals surface area contributed by atoms with Gasteiger partial charge in [-0.05, 0) is 49.1 Å². The van der Waals surface area contributed by atoms with Crippen molar-refractivity contribution in [2.45, 2.75) is 31.4 Å². The number of carbonyl (C=O) groups is 1. The van der Waals surface area contributed by atoms with Gasteiger partial charge in [-0.25, -0.2) is 9.50 Å². The topological polar surface area (TPSA) is 59.7 Å². The quantitative estimate of drug-likeness (QED) is 0.283. The van der Waals surface area contributed by atoms with Gasteiger partial charge in [-0.2, -0.15) is 18.3 Å². The van der Waals surface area contributed by atoms with Crippen molar-refractivity contribution in [2.75, 3.05) is 27.3 Å². The molecule has 194 valence electrons. The molecule has 2 heterocycles. The van der Waals surface area contributed by atoms with E-state index in [0.717, 1.165) is 17.7 Å². The number of fused-ring (bicyclic) bond motifs is 1. The van der Waals surface area contributed by atoms with Crippen LogP contribution in [0, 0.1) is 0 Å². The lowest BCUT2D eigenvalue weighted by Crippen LogP contribution is -2.46. The first-order chi connectivity index (χ1) is 17.6. The highest BCUT2D eigenvalue weighted by Crippen LogP contribution is 2.34. The molecule has 1 unspecified atom stereocenters. The second-order valence-electron chi connectivity index (χ2n) is 9.27. The molecule has 9 heteroatoms. The standard InChI is InChI=1S/C28H29F3N4O2/c1-27(18-20-8-5-4-6-9-20,26(36)34(2)16-7-17-37-3)24-14-15-32-25-23(19-33-35(24)25)21-10-12-22(13-11-21)28(29,30)31/h4-6,8-15,19H,7,16-18H2,1-3H3. The molecule has 37 heavy (non-hydrogen) atoms. The first-order valence-corrected chi connectivity index (χ1v) is 11.9. The summed E-state index contributed by atoms with van der Waals surface area (Å²) in [5, 5.41) is 4.53. The van der Waals surface area contributed by atoms with E-state index < -0.39 is 17.2 Å². The summed E-state index contributed by atoms with van der Waals surface area (Å²) in [6.07, 6.45) is -0.104. The van der Waals surface area contributed by atoms with Gasteiger partial charge in [0.15, 0.2) is 5.65 Å². The molecular weight excluding hydrogens is 481 g/mol. The zero-order chi connectivity index (χ0) is 26.6. The molecule has 0 spiro atoms. The Balaban J connectivity index is 1.78. The van der Waals surface area contributed by atoms with Crippen LogP contribution in [-0.4, -0.2) is 52.7 Å². The van der Waals surface area contributed by atoms with Crippen LogP contribution >= 0.6 is 0 Å². The molecule has 0 aliphatic heterocycles. The molecule has 0 aliphatic rings. The minimum atomic E-state index is -4.42. The highest BCUT2D eigenvalue weighted by atomic mass is 19.4. The highest BCUT2D eigenvalue weighted by Gasteiger charge is 2.40. The lowest BCUT2D eigenvalue weighted by atomic mass is 9.78. The molecule has 2 aromatic heterocycles. The Labute approximate surface area is 213 Å². The van der Waals surface area contributed by atoms with Gasteiger partial charge >= 0.3 is 6.18 Å². The number of amides is 1. The number of halogens is 3. The Morgan fingerprint density at radius 2 is 1.76 bits per heavy atom. The number of methoxy groups -OCH3 is 1. The Hall–Kier alpha value is -3.72. The van der Waals surface area contributed by atoms with E-state index in [1.54, 1.807) is 42.0 Å². The Morgan fingerprint density at radius 1 is 1.05 bits per heavy atom. The van der Waals surface area contributed by atoms with E-state index in [2.05, 4.69) is 10.1 Å². The normalized spacial score (nSPS) is 13.5. The van der Waals surface area contributed by atoms with Crippen LogP contribution in [0.3, 0.4) is 0 Å². The minimum Gasteiger partial charge on any atom is -0.385 e. The van der Waals surface area contributed by atoms with Gasteiger partial charge in [0.25, 0.3) is 0 Å². The van der Waals surface area contributed by atoms with Gasteiger partial charge in [-0.15, -0.1) is 0 Å². The number of carbonyl (C=O) groups excluding carboxylic acids is 1. The second-order valence-corrected chi connectivity index (χ2v) is 9.27. The number of nitrogens with zero attached hydrogens (tertiary/aromatic N) is 4. The average Bonchev–Trinajstić information content (AvgIpc) is 3.32. The van der Waals surface area contributed by atoms with Crippen molar-refractivity contribution in [3.05, 3.63) is 89.9 Å². The Bertz CT molecular complexity index is 1350. The number of hydrogen-bond acceptors (Lipinski definition) is 4. The second kappa shape index (κ2) is 10.7. The molecule has 0 saturated heterocycles. The molecule has 1 atom stereocenters. The van der Waals surface area contributed by atoms with Crippen molar-refractivity contribution >= 4 is 11.6 Å². The Kier molecular flexibility index (Phi) is 7.63.